The van der Waals surface area contributed by atoms with E-state index in [0.29, 0.717) is 0 Å². The van der Waals surface area contributed by atoms with Gasteiger partial charge in [0.05, 0.1) is 0 Å². The maximum atomic E-state index is 6.13. The van der Waals surface area contributed by atoms with Gasteiger partial charge in [0.15, 0.2) is 5.96 Å². The standard InChI is InChI=1S/C18H24ClN5.HI/c1-20-17(21-9-3-11-24-12-4-10-23-24)22-14-18(7-8-18)15-5-2-6-16(19)13-15;/h2,4-6,10,12-13H,3,7-9,11,14H2,1H3,(H2,20,21,22);1H. The topological polar surface area (TPSA) is 54.2 Å². The van der Waals surface area contributed by atoms with Crippen LogP contribution in [-0.4, -0.2) is 35.9 Å². The molecule has 5 nitrogen and oxygen atoms in total. The molecule has 1 saturated carbocycles. The lowest BCUT2D eigenvalue weighted by Gasteiger charge is -2.19. The van der Waals surface area contributed by atoms with Gasteiger partial charge in [-0.3, -0.25) is 9.67 Å². The number of hydrogen-bond donors (Lipinski definition) is 2. The molecule has 1 fully saturated rings. The molecule has 7 heteroatoms. The van der Waals surface area contributed by atoms with Crippen LogP contribution in [0.4, 0.5) is 0 Å². The van der Waals surface area contributed by atoms with Crippen molar-refractivity contribution in [1.82, 2.24) is 20.4 Å². The average molecular weight is 474 g/mol. The Balaban J connectivity index is 0.00000225. The molecule has 25 heavy (non-hydrogen) atoms. The fraction of sp³-hybridized carbons (Fsp3) is 0.444. The molecule has 1 aliphatic rings. The molecule has 0 atom stereocenters. The van der Waals surface area contributed by atoms with Gasteiger partial charge in [-0.15, -0.1) is 24.0 Å². The summed E-state index contributed by atoms with van der Waals surface area (Å²) in [7, 11) is 1.81. The van der Waals surface area contributed by atoms with Gasteiger partial charge in [0.25, 0.3) is 0 Å². The Morgan fingerprint density at radius 1 is 1.32 bits per heavy atom. The molecule has 1 aliphatic carbocycles. The van der Waals surface area contributed by atoms with Crippen molar-refractivity contribution in [2.24, 2.45) is 4.99 Å². The quantitative estimate of drug-likeness (QED) is 0.280. The van der Waals surface area contributed by atoms with E-state index < -0.39 is 0 Å². The number of halogens is 2. The summed E-state index contributed by atoms with van der Waals surface area (Å²) >= 11 is 6.13. The Bertz CT molecular complexity index is 683. The predicted molar refractivity (Wildman–Crippen MR) is 114 cm³/mol. The second-order valence-corrected chi connectivity index (χ2v) is 6.70. The summed E-state index contributed by atoms with van der Waals surface area (Å²) in [5.41, 5.74) is 1.52. The zero-order valence-electron chi connectivity index (χ0n) is 14.4. The van der Waals surface area contributed by atoms with Gasteiger partial charge < -0.3 is 10.6 Å². The molecule has 2 aromatic rings. The second-order valence-electron chi connectivity index (χ2n) is 6.27. The van der Waals surface area contributed by atoms with Gasteiger partial charge in [-0.2, -0.15) is 5.10 Å². The molecule has 2 N–H and O–H groups in total. The van der Waals surface area contributed by atoms with E-state index in [1.54, 1.807) is 6.20 Å². The third-order valence-electron chi connectivity index (χ3n) is 4.52. The summed E-state index contributed by atoms with van der Waals surface area (Å²) in [5.74, 6) is 0.851. The SMILES string of the molecule is CN=C(NCCCn1cccn1)NCC1(c2cccc(Cl)c2)CC1.I. The Morgan fingerprint density at radius 3 is 2.80 bits per heavy atom. The molecule has 0 radical (unpaired) electrons. The van der Waals surface area contributed by atoms with Crippen molar-refractivity contribution in [3.63, 3.8) is 0 Å². The van der Waals surface area contributed by atoms with E-state index in [1.165, 1.54) is 18.4 Å². The Hall–Kier alpha value is -1.28. The Morgan fingerprint density at radius 2 is 2.16 bits per heavy atom. The van der Waals surface area contributed by atoms with Crippen LogP contribution >= 0.6 is 35.6 Å². The minimum Gasteiger partial charge on any atom is -0.356 e. The first-order valence-electron chi connectivity index (χ1n) is 8.40. The predicted octanol–water partition coefficient (Wildman–Crippen LogP) is 3.44. The van der Waals surface area contributed by atoms with E-state index in [2.05, 4.69) is 32.9 Å². The lowest BCUT2D eigenvalue weighted by molar-refractivity contribution is 0.567. The minimum absolute atomic E-state index is 0. The number of guanidine groups is 1. The first-order valence-corrected chi connectivity index (χ1v) is 8.78. The number of aromatic nitrogens is 2. The van der Waals surface area contributed by atoms with Gasteiger partial charge in [0, 0.05) is 49.5 Å². The largest absolute Gasteiger partial charge is 0.356 e. The van der Waals surface area contributed by atoms with Gasteiger partial charge in [-0.25, -0.2) is 0 Å². The summed E-state index contributed by atoms with van der Waals surface area (Å²) in [6.45, 7) is 2.65. The molecule has 0 unspecified atom stereocenters. The van der Waals surface area contributed by atoms with E-state index in [1.807, 2.05) is 36.1 Å². The van der Waals surface area contributed by atoms with Crippen LogP contribution in [0.2, 0.25) is 5.02 Å². The molecule has 0 amide bonds. The zero-order valence-corrected chi connectivity index (χ0v) is 17.5. The molecule has 0 spiro atoms. The number of benzene rings is 1. The van der Waals surface area contributed by atoms with Crippen LogP contribution in [0.1, 0.15) is 24.8 Å². The molecule has 1 aromatic carbocycles. The smallest absolute Gasteiger partial charge is 0.191 e. The summed E-state index contributed by atoms with van der Waals surface area (Å²) < 4.78 is 1.94. The highest BCUT2D eigenvalue weighted by atomic mass is 127. The zero-order chi connectivity index (χ0) is 16.8. The number of hydrogen-bond acceptors (Lipinski definition) is 2. The second kappa shape index (κ2) is 9.43. The van der Waals surface area contributed by atoms with Gasteiger partial charge in [-0.1, -0.05) is 23.7 Å². The molecule has 0 bridgehead atoms. The van der Waals surface area contributed by atoms with Gasteiger partial charge in [-0.05, 0) is 43.0 Å². The Labute approximate surface area is 171 Å². The highest BCUT2D eigenvalue weighted by Gasteiger charge is 2.44. The van der Waals surface area contributed by atoms with Gasteiger partial charge in [0.1, 0.15) is 0 Å². The molecule has 0 aliphatic heterocycles. The number of aliphatic imine (C=N–C) groups is 1. The highest BCUT2D eigenvalue weighted by molar-refractivity contribution is 14.0. The Kier molecular flexibility index (Phi) is 7.56. The number of aryl methyl sites for hydroxylation is 1. The summed E-state index contributed by atoms with van der Waals surface area (Å²) in [4.78, 5) is 4.31. The van der Waals surface area contributed by atoms with Crippen LogP contribution < -0.4 is 10.6 Å². The number of nitrogens with zero attached hydrogens (tertiary/aromatic N) is 3. The molecular formula is C18H25ClIN5. The van der Waals surface area contributed by atoms with Gasteiger partial charge >= 0.3 is 0 Å². The van der Waals surface area contributed by atoms with Gasteiger partial charge in [0.2, 0.25) is 0 Å². The summed E-state index contributed by atoms with van der Waals surface area (Å²) in [6, 6.07) is 10.1. The normalized spacial score (nSPS) is 15.4. The highest BCUT2D eigenvalue weighted by Crippen LogP contribution is 2.48. The molecule has 136 valence electrons. The lowest BCUT2D eigenvalue weighted by atomic mass is 9.96. The maximum Gasteiger partial charge on any atom is 0.191 e. The first-order chi connectivity index (χ1) is 11.7. The fourth-order valence-corrected chi connectivity index (χ4v) is 3.08. The molecular weight excluding hydrogens is 449 g/mol. The third kappa shape index (κ3) is 5.60. The number of rotatable bonds is 7. The van der Waals surface area contributed by atoms with Crippen molar-refractivity contribution in [3.05, 3.63) is 53.3 Å². The fourth-order valence-electron chi connectivity index (χ4n) is 2.89. The van der Waals surface area contributed by atoms with Crippen molar-refractivity contribution in [2.75, 3.05) is 20.1 Å². The molecule has 0 saturated heterocycles. The minimum atomic E-state index is 0. The van der Waals surface area contributed by atoms with Crippen LogP contribution in [0.3, 0.4) is 0 Å². The molecule has 1 heterocycles. The van der Waals surface area contributed by atoms with E-state index in [9.17, 15) is 0 Å². The van der Waals surface area contributed by atoms with Crippen LogP contribution in [0.15, 0.2) is 47.7 Å². The van der Waals surface area contributed by atoms with Crippen LogP contribution in [0.5, 0.6) is 0 Å². The van der Waals surface area contributed by atoms with Crippen molar-refractivity contribution < 1.29 is 0 Å². The monoisotopic (exact) mass is 473 g/mol. The van der Waals surface area contributed by atoms with Crippen molar-refractivity contribution in [1.29, 1.82) is 0 Å². The maximum absolute atomic E-state index is 6.13. The van der Waals surface area contributed by atoms with E-state index in [-0.39, 0.29) is 29.4 Å². The average Bonchev–Trinajstić information content (AvgIpc) is 3.21. The summed E-state index contributed by atoms with van der Waals surface area (Å²) in [5, 5.41) is 11.8. The molecule has 3 rings (SSSR count). The van der Waals surface area contributed by atoms with Crippen molar-refractivity contribution in [3.8, 4) is 0 Å². The van der Waals surface area contributed by atoms with E-state index in [0.717, 1.165) is 37.0 Å². The number of nitrogens with one attached hydrogen (secondary N) is 2. The molecule has 1 aromatic heterocycles. The van der Waals surface area contributed by atoms with Crippen molar-refractivity contribution >= 4 is 41.5 Å². The lowest BCUT2D eigenvalue weighted by Crippen LogP contribution is -2.41. The first kappa shape index (κ1) is 20.0. The van der Waals surface area contributed by atoms with Crippen molar-refractivity contribution in [2.45, 2.75) is 31.2 Å². The summed E-state index contributed by atoms with van der Waals surface area (Å²) in [6.07, 6.45) is 7.17. The van der Waals surface area contributed by atoms with Crippen LogP contribution in [-0.2, 0) is 12.0 Å². The van der Waals surface area contributed by atoms with Crippen LogP contribution in [0.25, 0.3) is 0 Å². The van der Waals surface area contributed by atoms with E-state index >= 15 is 0 Å². The third-order valence-corrected chi connectivity index (χ3v) is 4.76. The van der Waals surface area contributed by atoms with Crippen LogP contribution in [0, 0.1) is 0 Å². The van der Waals surface area contributed by atoms with E-state index in [4.69, 9.17) is 11.6 Å².